The zero-order valence-corrected chi connectivity index (χ0v) is 19.7. The molecule has 1 aliphatic heterocycles. The van der Waals surface area contributed by atoms with Crippen LogP contribution in [0.5, 0.6) is 0 Å². The highest BCUT2D eigenvalue weighted by molar-refractivity contribution is 6.30. The fraction of sp³-hybridized carbons (Fsp3) is 0.417. The first-order valence-electron chi connectivity index (χ1n) is 10.7. The summed E-state index contributed by atoms with van der Waals surface area (Å²) in [4.78, 5) is 26.1. The molecule has 0 radical (unpaired) electrons. The largest absolute Gasteiger partial charge is 0.481 e. The Labute approximate surface area is 205 Å². The molecule has 5 atom stereocenters. The number of carboxylic acid groups (broad SMARTS) is 1. The van der Waals surface area contributed by atoms with Crippen LogP contribution in [-0.2, 0) is 9.59 Å². The minimum Gasteiger partial charge on any atom is -0.481 e. The van der Waals surface area contributed by atoms with E-state index in [1.807, 2.05) is 0 Å². The maximum Gasteiger partial charge on any atom is 0.416 e. The number of benzene rings is 2. The number of aliphatic hydroxyl groups excluding tert-OH is 1. The number of halogens is 5. The van der Waals surface area contributed by atoms with Gasteiger partial charge < -0.3 is 15.1 Å². The molecule has 1 fully saturated rings. The highest BCUT2D eigenvalue weighted by Crippen LogP contribution is 2.48. The number of hydrogen-bond donors (Lipinski definition) is 2. The fourth-order valence-electron chi connectivity index (χ4n) is 4.73. The van der Waals surface area contributed by atoms with Crippen LogP contribution in [0.3, 0.4) is 0 Å². The Hall–Kier alpha value is -2.29. The van der Waals surface area contributed by atoms with E-state index in [2.05, 4.69) is 0 Å². The lowest BCUT2D eigenvalue weighted by atomic mass is 9.74. The topological polar surface area (TPSA) is 77.8 Å². The molecule has 10 heteroatoms. The van der Waals surface area contributed by atoms with Gasteiger partial charge in [0.15, 0.2) is 6.10 Å². The summed E-state index contributed by atoms with van der Waals surface area (Å²) in [6.45, 7) is 1.45. The Morgan fingerprint density at radius 2 is 1.76 bits per heavy atom. The number of carboxylic acids is 1. The Bertz CT molecular complexity index is 1030. The first-order chi connectivity index (χ1) is 15.9. The van der Waals surface area contributed by atoms with Crippen LogP contribution in [0, 0.1) is 5.92 Å². The first-order valence-corrected chi connectivity index (χ1v) is 11.5. The molecule has 2 unspecified atom stereocenters. The van der Waals surface area contributed by atoms with Gasteiger partial charge in [0.2, 0.25) is 5.91 Å². The van der Waals surface area contributed by atoms with Crippen LogP contribution in [0.2, 0.25) is 10.0 Å². The number of hydrogen-bond acceptors (Lipinski definition) is 3. The Kier molecular flexibility index (Phi) is 8.16. The van der Waals surface area contributed by atoms with Gasteiger partial charge in [-0.3, -0.25) is 9.59 Å². The van der Waals surface area contributed by atoms with E-state index < -0.39 is 54.5 Å². The van der Waals surface area contributed by atoms with E-state index in [0.29, 0.717) is 21.2 Å². The van der Waals surface area contributed by atoms with Gasteiger partial charge in [-0.1, -0.05) is 54.4 Å². The molecule has 2 aromatic rings. The van der Waals surface area contributed by atoms with Gasteiger partial charge in [-0.2, -0.15) is 13.2 Å². The lowest BCUT2D eigenvalue weighted by Crippen LogP contribution is -2.58. The van der Waals surface area contributed by atoms with Crippen LogP contribution >= 0.6 is 23.2 Å². The van der Waals surface area contributed by atoms with E-state index in [9.17, 15) is 33.0 Å². The number of piperidine rings is 1. The molecular weight excluding hydrogens is 494 g/mol. The summed E-state index contributed by atoms with van der Waals surface area (Å²) < 4.78 is 40.8. The number of nitrogens with zero attached hydrogens (tertiary/aromatic N) is 1. The van der Waals surface area contributed by atoms with Gasteiger partial charge in [0.1, 0.15) is 0 Å². The number of likely N-dealkylation sites (tertiary alicyclic amines) is 1. The van der Waals surface area contributed by atoms with Crippen LogP contribution in [0.1, 0.15) is 49.3 Å². The smallest absolute Gasteiger partial charge is 0.416 e. The van der Waals surface area contributed by atoms with E-state index in [4.69, 9.17) is 23.2 Å². The second kappa shape index (κ2) is 10.5. The third-order valence-electron chi connectivity index (χ3n) is 6.21. The van der Waals surface area contributed by atoms with Gasteiger partial charge in [0.05, 0.1) is 18.5 Å². The number of aliphatic hydroxyl groups is 1. The van der Waals surface area contributed by atoms with Gasteiger partial charge in [-0.05, 0) is 48.2 Å². The van der Waals surface area contributed by atoms with Crippen LogP contribution in [0.25, 0.3) is 0 Å². The van der Waals surface area contributed by atoms with Crippen molar-refractivity contribution in [3.8, 4) is 0 Å². The summed E-state index contributed by atoms with van der Waals surface area (Å²) in [5.41, 5.74) is 1.17. The second-order valence-electron chi connectivity index (χ2n) is 8.40. The predicted molar refractivity (Wildman–Crippen MR) is 122 cm³/mol. The minimum absolute atomic E-state index is 0.0911. The molecule has 0 bridgehead atoms. The lowest BCUT2D eigenvalue weighted by molar-refractivity contribution is -0.226. The SMILES string of the molecule is CCC(C(O)C(F)(F)F)N1C(=O)[C@@H](CC(=O)O)C[C@H](c2cccc(Cl)c2)[C@H]1c1ccc(Cl)cc1. The minimum atomic E-state index is -4.98. The van der Waals surface area contributed by atoms with Gasteiger partial charge in [-0.15, -0.1) is 0 Å². The number of aliphatic carboxylic acids is 1. The Morgan fingerprint density at radius 1 is 1.12 bits per heavy atom. The first kappa shape index (κ1) is 26.3. The second-order valence-corrected chi connectivity index (χ2v) is 9.27. The molecule has 0 aliphatic carbocycles. The van der Waals surface area contributed by atoms with E-state index in [1.165, 1.54) is 6.92 Å². The highest BCUT2D eigenvalue weighted by Gasteiger charge is 2.52. The summed E-state index contributed by atoms with van der Waals surface area (Å²) >= 11 is 12.2. The molecule has 2 aromatic carbocycles. The quantitative estimate of drug-likeness (QED) is 0.483. The summed E-state index contributed by atoms with van der Waals surface area (Å²) in [5.74, 6) is -3.62. The van der Waals surface area contributed by atoms with Gasteiger partial charge in [0.25, 0.3) is 0 Å². The van der Waals surface area contributed by atoms with Crippen molar-refractivity contribution in [3.05, 3.63) is 69.7 Å². The van der Waals surface area contributed by atoms with Crippen molar-refractivity contribution < 1.29 is 33.0 Å². The average molecular weight is 518 g/mol. The molecule has 1 heterocycles. The van der Waals surface area contributed by atoms with E-state index in [0.717, 1.165) is 4.90 Å². The van der Waals surface area contributed by atoms with Crippen LogP contribution in [0.15, 0.2) is 48.5 Å². The Balaban J connectivity index is 2.23. The molecule has 1 saturated heterocycles. The molecule has 0 spiro atoms. The third kappa shape index (κ3) is 5.67. The molecule has 0 aromatic heterocycles. The van der Waals surface area contributed by atoms with Crippen molar-refractivity contribution in [2.24, 2.45) is 5.92 Å². The maximum absolute atomic E-state index is 13.6. The molecular formula is C24H24Cl2F3NO4. The number of carbonyl (C=O) groups excluding carboxylic acids is 1. The van der Waals surface area contributed by atoms with Crippen molar-refractivity contribution in [2.75, 3.05) is 0 Å². The predicted octanol–water partition coefficient (Wildman–Crippen LogP) is 5.84. The van der Waals surface area contributed by atoms with Crippen molar-refractivity contribution in [1.82, 2.24) is 4.90 Å². The fourth-order valence-corrected chi connectivity index (χ4v) is 5.05. The maximum atomic E-state index is 13.6. The normalized spacial score (nSPS) is 23.0. The van der Waals surface area contributed by atoms with Crippen molar-refractivity contribution in [3.63, 3.8) is 0 Å². The van der Waals surface area contributed by atoms with E-state index >= 15 is 0 Å². The average Bonchev–Trinajstić information content (AvgIpc) is 2.76. The van der Waals surface area contributed by atoms with E-state index in [-0.39, 0.29) is 12.8 Å². The van der Waals surface area contributed by atoms with Crippen molar-refractivity contribution in [2.45, 2.75) is 56.5 Å². The molecule has 2 N–H and O–H groups in total. The monoisotopic (exact) mass is 517 g/mol. The number of alkyl halides is 3. The van der Waals surface area contributed by atoms with Crippen LogP contribution in [-0.4, -0.2) is 45.3 Å². The summed E-state index contributed by atoms with van der Waals surface area (Å²) in [6.07, 6.45) is -8.43. The van der Waals surface area contributed by atoms with Crippen molar-refractivity contribution in [1.29, 1.82) is 0 Å². The summed E-state index contributed by atoms with van der Waals surface area (Å²) in [5, 5.41) is 20.4. The van der Waals surface area contributed by atoms with Gasteiger partial charge in [0, 0.05) is 21.9 Å². The zero-order chi connectivity index (χ0) is 25.2. The molecule has 0 saturated carbocycles. The van der Waals surface area contributed by atoms with Crippen molar-refractivity contribution >= 4 is 35.1 Å². The Morgan fingerprint density at radius 3 is 2.29 bits per heavy atom. The summed E-state index contributed by atoms with van der Waals surface area (Å²) in [6, 6.07) is 10.6. The highest BCUT2D eigenvalue weighted by atomic mass is 35.5. The third-order valence-corrected chi connectivity index (χ3v) is 6.69. The molecule has 1 aliphatic rings. The standard InChI is InChI=1S/C24H24Cl2F3NO4/c1-2-19(22(33)24(27,28)29)30-21(13-6-8-16(25)9-7-13)18(14-4-3-5-17(26)10-14)11-15(23(30)34)12-20(31)32/h3-10,15,18-19,21-22,33H,2,11-12H2,1H3,(H,31,32)/t15-,18-,19?,21-,22?/m1/s1. The zero-order valence-electron chi connectivity index (χ0n) is 18.2. The molecule has 3 rings (SSSR count). The number of amides is 1. The molecule has 1 amide bonds. The molecule has 5 nitrogen and oxygen atoms in total. The van der Waals surface area contributed by atoms with Gasteiger partial charge >= 0.3 is 12.1 Å². The van der Waals surface area contributed by atoms with Crippen LogP contribution in [0.4, 0.5) is 13.2 Å². The number of carbonyl (C=O) groups is 2. The molecule has 34 heavy (non-hydrogen) atoms. The summed E-state index contributed by atoms with van der Waals surface area (Å²) in [7, 11) is 0. The molecule has 184 valence electrons. The van der Waals surface area contributed by atoms with E-state index in [1.54, 1.807) is 48.5 Å². The van der Waals surface area contributed by atoms with Crippen LogP contribution < -0.4 is 0 Å². The lowest BCUT2D eigenvalue weighted by Gasteiger charge is -2.49. The number of rotatable bonds is 7. The van der Waals surface area contributed by atoms with Gasteiger partial charge in [-0.25, -0.2) is 0 Å².